The largest absolute Gasteiger partial charge is 0.324 e. The third kappa shape index (κ3) is 2.76. The van der Waals surface area contributed by atoms with Gasteiger partial charge >= 0.3 is 0 Å². The second-order valence-corrected chi connectivity index (χ2v) is 4.33. The van der Waals surface area contributed by atoms with E-state index in [9.17, 15) is 0 Å². The van der Waals surface area contributed by atoms with Crippen LogP contribution in [0.4, 0.5) is 0 Å². The number of fused-ring (bicyclic) bond motifs is 1. The SMILES string of the molecule is CCC(C)[C@H](N)c1ccnc2ccccc12.Cl. The van der Waals surface area contributed by atoms with Crippen molar-refractivity contribution in [3.8, 4) is 0 Å². The first-order chi connectivity index (χ1) is 7.74. The molecule has 0 aliphatic heterocycles. The van der Waals surface area contributed by atoms with Crippen molar-refractivity contribution in [3.05, 3.63) is 42.1 Å². The van der Waals surface area contributed by atoms with Crippen LogP contribution in [-0.2, 0) is 0 Å². The van der Waals surface area contributed by atoms with Gasteiger partial charge in [0.1, 0.15) is 0 Å². The monoisotopic (exact) mass is 250 g/mol. The molecule has 0 saturated heterocycles. The highest BCUT2D eigenvalue weighted by atomic mass is 35.5. The van der Waals surface area contributed by atoms with Crippen LogP contribution in [0.15, 0.2) is 36.5 Å². The van der Waals surface area contributed by atoms with E-state index in [2.05, 4.69) is 24.9 Å². The predicted molar refractivity (Wildman–Crippen MR) is 75.4 cm³/mol. The maximum atomic E-state index is 6.29. The average molecular weight is 251 g/mol. The summed E-state index contributed by atoms with van der Waals surface area (Å²) in [5.41, 5.74) is 8.52. The molecule has 1 aromatic heterocycles. The molecule has 17 heavy (non-hydrogen) atoms. The van der Waals surface area contributed by atoms with Crippen LogP contribution in [0.25, 0.3) is 10.9 Å². The van der Waals surface area contributed by atoms with Crippen LogP contribution >= 0.6 is 12.4 Å². The number of benzene rings is 1. The summed E-state index contributed by atoms with van der Waals surface area (Å²) in [5.74, 6) is 0.491. The lowest BCUT2D eigenvalue weighted by atomic mass is 9.91. The zero-order valence-corrected chi connectivity index (χ0v) is 11.1. The van der Waals surface area contributed by atoms with Crippen molar-refractivity contribution in [1.29, 1.82) is 0 Å². The highest BCUT2D eigenvalue weighted by Crippen LogP contribution is 2.27. The van der Waals surface area contributed by atoms with Gasteiger partial charge in [-0.25, -0.2) is 0 Å². The highest BCUT2D eigenvalue weighted by molar-refractivity contribution is 5.85. The first-order valence-electron chi connectivity index (χ1n) is 5.83. The lowest BCUT2D eigenvalue weighted by Crippen LogP contribution is -2.18. The molecule has 92 valence electrons. The van der Waals surface area contributed by atoms with Crippen LogP contribution in [0, 0.1) is 5.92 Å². The zero-order chi connectivity index (χ0) is 11.5. The molecule has 1 unspecified atom stereocenters. The number of pyridine rings is 1. The van der Waals surface area contributed by atoms with Gasteiger partial charge < -0.3 is 5.73 Å². The summed E-state index contributed by atoms with van der Waals surface area (Å²) in [5, 5.41) is 1.18. The Morgan fingerprint density at radius 2 is 1.94 bits per heavy atom. The van der Waals surface area contributed by atoms with Gasteiger partial charge in [0.05, 0.1) is 5.52 Å². The Morgan fingerprint density at radius 3 is 2.65 bits per heavy atom. The van der Waals surface area contributed by atoms with Gasteiger partial charge in [-0.2, -0.15) is 0 Å². The number of nitrogens with zero attached hydrogens (tertiary/aromatic N) is 1. The smallest absolute Gasteiger partial charge is 0.0705 e. The topological polar surface area (TPSA) is 38.9 Å². The van der Waals surface area contributed by atoms with Gasteiger partial charge in [-0.15, -0.1) is 12.4 Å². The molecule has 2 rings (SSSR count). The molecular weight excluding hydrogens is 232 g/mol. The Labute approximate surface area is 109 Å². The Bertz CT molecular complexity index is 479. The predicted octanol–water partition coefficient (Wildman–Crippen LogP) is 3.70. The molecule has 0 aliphatic rings. The zero-order valence-electron chi connectivity index (χ0n) is 10.3. The van der Waals surface area contributed by atoms with Crippen LogP contribution in [0.2, 0.25) is 0 Å². The molecule has 2 N–H and O–H groups in total. The summed E-state index contributed by atoms with van der Waals surface area (Å²) >= 11 is 0. The average Bonchev–Trinajstić information content (AvgIpc) is 2.36. The molecule has 0 bridgehead atoms. The van der Waals surface area contributed by atoms with E-state index >= 15 is 0 Å². The van der Waals surface area contributed by atoms with Crippen molar-refractivity contribution >= 4 is 23.3 Å². The van der Waals surface area contributed by atoms with Crippen molar-refractivity contribution in [1.82, 2.24) is 4.98 Å². The van der Waals surface area contributed by atoms with E-state index in [1.54, 1.807) is 0 Å². The van der Waals surface area contributed by atoms with E-state index in [-0.39, 0.29) is 18.4 Å². The van der Waals surface area contributed by atoms with Gasteiger partial charge in [-0.05, 0) is 23.6 Å². The number of nitrogens with two attached hydrogens (primary N) is 1. The molecule has 0 radical (unpaired) electrons. The van der Waals surface area contributed by atoms with Crippen LogP contribution in [0.1, 0.15) is 31.9 Å². The van der Waals surface area contributed by atoms with Gasteiger partial charge in [0.15, 0.2) is 0 Å². The summed E-state index contributed by atoms with van der Waals surface area (Å²) < 4.78 is 0. The maximum Gasteiger partial charge on any atom is 0.0705 e. The third-order valence-electron chi connectivity index (χ3n) is 3.30. The van der Waals surface area contributed by atoms with E-state index in [1.807, 2.05) is 30.5 Å². The van der Waals surface area contributed by atoms with Crippen LogP contribution in [0.3, 0.4) is 0 Å². The minimum absolute atomic E-state index is 0. The van der Waals surface area contributed by atoms with Crippen LogP contribution in [-0.4, -0.2) is 4.98 Å². The van der Waals surface area contributed by atoms with Gasteiger partial charge in [-0.3, -0.25) is 4.98 Å². The molecule has 2 atom stereocenters. The molecule has 0 saturated carbocycles. The third-order valence-corrected chi connectivity index (χ3v) is 3.30. The molecular formula is C14H19ClN2. The molecule has 2 aromatic rings. The van der Waals surface area contributed by atoms with Gasteiger partial charge in [0.2, 0.25) is 0 Å². The fraction of sp³-hybridized carbons (Fsp3) is 0.357. The Hall–Kier alpha value is -1.12. The number of halogens is 1. The van der Waals surface area contributed by atoms with Crippen LogP contribution < -0.4 is 5.73 Å². The van der Waals surface area contributed by atoms with E-state index in [1.165, 1.54) is 10.9 Å². The summed E-state index contributed by atoms with van der Waals surface area (Å²) in [7, 11) is 0. The van der Waals surface area contributed by atoms with Crippen molar-refractivity contribution < 1.29 is 0 Å². The van der Waals surface area contributed by atoms with Crippen molar-refractivity contribution in [3.63, 3.8) is 0 Å². The fourth-order valence-electron chi connectivity index (χ4n) is 1.97. The summed E-state index contributed by atoms with van der Waals surface area (Å²) in [6, 6.07) is 10.3. The Morgan fingerprint density at radius 1 is 1.24 bits per heavy atom. The van der Waals surface area contributed by atoms with Crippen molar-refractivity contribution in [2.75, 3.05) is 0 Å². The van der Waals surface area contributed by atoms with E-state index < -0.39 is 0 Å². The van der Waals surface area contributed by atoms with Gasteiger partial charge in [-0.1, -0.05) is 38.5 Å². The minimum atomic E-state index is 0. The number of para-hydroxylation sites is 1. The molecule has 1 heterocycles. The molecule has 0 spiro atoms. The number of hydrogen-bond donors (Lipinski definition) is 1. The lowest BCUT2D eigenvalue weighted by Gasteiger charge is -2.20. The Kier molecular flexibility index (Phi) is 4.91. The second kappa shape index (κ2) is 5.99. The summed E-state index contributed by atoms with van der Waals surface area (Å²) in [4.78, 5) is 4.35. The van der Waals surface area contributed by atoms with Crippen molar-refractivity contribution in [2.24, 2.45) is 11.7 Å². The number of hydrogen-bond acceptors (Lipinski definition) is 2. The number of rotatable bonds is 3. The summed E-state index contributed by atoms with van der Waals surface area (Å²) in [6.07, 6.45) is 2.94. The highest BCUT2D eigenvalue weighted by Gasteiger charge is 2.15. The normalized spacial score (nSPS) is 14.1. The standard InChI is InChI=1S/C14H18N2.ClH/c1-3-10(2)14(15)12-8-9-16-13-7-5-4-6-11(12)13;/h4-10,14H,3,15H2,1-2H3;1H/t10?,14-;/m0./s1. The van der Waals surface area contributed by atoms with Crippen LogP contribution in [0.5, 0.6) is 0 Å². The number of aromatic nitrogens is 1. The fourth-order valence-corrected chi connectivity index (χ4v) is 1.97. The summed E-state index contributed by atoms with van der Waals surface area (Å²) in [6.45, 7) is 4.37. The minimum Gasteiger partial charge on any atom is -0.324 e. The van der Waals surface area contributed by atoms with E-state index in [0.29, 0.717) is 5.92 Å². The lowest BCUT2D eigenvalue weighted by molar-refractivity contribution is 0.459. The van der Waals surface area contributed by atoms with Gasteiger partial charge in [0, 0.05) is 17.6 Å². The second-order valence-electron chi connectivity index (χ2n) is 4.33. The van der Waals surface area contributed by atoms with E-state index in [0.717, 1.165) is 11.9 Å². The first kappa shape index (κ1) is 13.9. The van der Waals surface area contributed by atoms with Crippen molar-refractivity contribution in [2.45, 2.75) is 26.3 Å². The van der Waals surface area contributed by atoms with E-state index in [4.69, 9.17) is 5.73 Å². The van der Waals surface area contributed by atoms with Gasteiger partial charge in [0.25, 0.3) is 0 Å². The molecule has 2 nitrogen and oxygen atoms in total. The molecule has 0 aliphatic carbocycles. The molecule has 3 heteroatoms. The maximum absolute atomic E-state index is 6.29. The molecule has 1 aromatic carbocycles. The Balaban J connectivity index is 0.00000144. The molecule has 0 amide bonds. The first-order valence-corrected chi connectivity index (χ1v) is 5.83. The quantitative estimate of drug-likeness (QED) is 0.902. The molecule has 0 fully saturated rings.